The molecule has 14 heavy (non-hydrogen) atoms. The number of hydroxylamine groups is 1. The molecule has 76 valence electrons. The summed E-state index contributed by atoms with van der Waals surface area (Å²) in [5.41, 5.74) is 5.04. The van der Waals surface area contributed by atoms with Gasteiger partial charge in [0.2, 0.25) is 5.90 Å². The normalized spacial score (nSPS) is 11.5. The summed E-state index contributed by atoms with van der Waals surface area (Å²) in [6, 6.07) is 8.31. The summed E-state index contributed by atoms with van der Waals surface area (Å²) in [6.45, 7) is 4.56. The van der Waals surface area contributed by atoms with Gasteiger partial charge in [-0.15, -0.1) is 0 Å². The van der Waals surface area contributed by atoms with Crippen molar-refractivity contribution in [1.82, 2.24) is 5.48 Å². The van der Waals surface area contributed by atoms with Crippen LogP contribution in [0.2, 0.25) is 0 Å². The molecule has 0 aliphatic carbocycles. The van der Waals surface area contributed by atoms with Crippen molar-refractivity contribution in [3.05, 3.63) is 35.4 Å². The smallest absolute Gasteiger partial charge is 0.206 e. The van der Waals surface area contributed by atoms with Gasteiger partial charge in [0.15, 0.2) is 0 Å². The number of nitrogens with one attached hydrogen (secondary N) is 1. The highest BCUT2D eigenvalue weighted by atomic mass is 16.6. The molecule has 0 saturated carbocycles. The standard InChI is InChI=1S/C11H16N2O/c1-9-4-6-11(7-5-9)8-13-10(2)14-12-3/h4-7,12H,8H2,1-3H3. The SMILES string of the molecule is CNOC(C)=NCc1ccc(C)cc1. The van der Waals surface area contributed by atoms with Crippen molar-refractivity contribution in [2.24, 2.45) is 4.99 Å². The summed E-state index contributed by atoms with van der Waals surface area (Å²) < 4.78 is 0. The summed E-state index contributed by atoms with van der Waals surface area (Å²) in [5, 5.41) is 0. The number of hydrogen-bond donors (Lipinski definition) is 1. The van der Waals surface area contributed by atoms with Gasteiger partial charge in [-0.1, -0.05) is 29.8 Å². The van der Waals surface area contributed by atoms with Gasteiger partial charge in [-0.3, -0.25) is 0 Å². The van der Waals surface area contributed by atoms with Gasteiger partial charge >= 0.3 is 0 Å². The van der Waals surface area contributed by atoms with E-state index in [0.717, 1.165) is 0 Å². The fourth-order valence-corrected chi connectivity index (χ4v) is 1.08. The number of nitrogens with zero attached hydrogens (tertiary/aromatic N) is 1. The van der Waals surface area contributed by atoms with Crippen LogP contribution >= 0.6 is 0 Å². The first kappa shape index (κ1) is 10.7. The molecule has 0 unspecified atom stereocenters. The van der Waals surface area contributed by atoms with Crippen molar-refractivity contribution >= 4 is 5.90 Å². The Labute approximate surface area is 84.8 Å². The Morgan fingerprint density at radius 1 is 1.36 bits per heavy atom. The van der Waals surface area contributed by atoms with Crippen LogP contribution in [0.5, 0.6) is 0 Å². The van der Waals surface area contributed by atoms with E-state index in [0.29, 0.717) is 12.4 Å². The van der Waals surface area contributed by atoms with E-state index >= 15 is 0 Å². The number of aryl methyl sites for hydroxylation is 1. The Kier molecular flexibility index (Phi) is 4.13. The molecule has 1 N–H and O–H groups in total. The first-order chi connectivity index (χ1) is 6.72. The quantitative estimate of drug-likeness (QED) is 0.452. The lowest BCUT2D eigenvalue weighted by atomic mass is 10.1. The average molecular weight is 192 g/mol. The molecule has 0 spiro atoms. The molecule has 1 rings (SSSR count). The van der Waals surface area contributed by atoms with Crippen LogP contribution in [0.25, 0.3) is 0 Å². The topological polar surface area (TPSA) is 33.6 Å². The lowest BCUT2D eigenvalue weighted by Gasteiger charge is -2.01. The zero-order valence-electron chi connectivity index (χ0n) is 8.87. The summed E-state index contributed by atoms with van der Waals surface area (Å²) in [6.07, 6.45) is 0. The molecule has 3 nitrogen and oxygen atoms in total. The zero-order valence-corrected chi connectivity index (χ0v) is 8.87. The molecule has 0 saturated heterocycles. The highest BCUT2D eigenvalue weighted by Gasteiger charge is 1.92. The van der Waals surface area contributed by atoms with Crippen LogP contribution in [0.15, 0.2) is 29.3 Å². The Morgan fingerprint density at radius 3 is 2.57 bits per heavy atom. The minimum absolute atomic E-state index is 0.646. The maximum absolute atomic E-state index is 4.99. The van der Waals surface area contributed by atoms with Crippen molar-refractivity contribution in [3.63, 3.8) is 0 Å². The fraction of sp³-hybridized carbons (Fsp3) is 0.364. The summed E-state index contributed by atoms with van der Waals surface area (Å²) >= 11 is 0. The summed E-state index contributed by atoms with van der Waals surface area (Å²) in [5.74, 6) is 0.646. The Bertz CT molecular complexity index is 304. The van der Waals surface area contributed by atoms with Gasteiger partial charge < -0.3 is 4.84 Å². The maximum atomic E-state index is 4.99. The van der Waals surface area contributed by atoms with Crippen LogP contribution in [0.4, 0.5) is 0 Å². The predicted octanol–water partition coefficient (Wildman–Crippen LogP) is 2.06. The Morgan fingerprint density at radius 2 is 2.00 bits per heavy atom. The molecule has 0 aliphatic rings. The van der Waals surface area contributed by atoms with Gasteiger partial charge in [-0.05, 0) is 12.5 Å². The molecule has 0 bridgehead atoms. The van der Waals surface area contributed by atoms with Gasteiger partial charge in [0.1, 0.15) is 0 Å². The third-order valence-corrected chi connectivity index (χ3v) is 1.85. The minimum Gasteiger partial charge on any atom is -0.394 e. The van der Waals surface area contributed by atoms with Gasteiger partial charge in [0.25, 0.3) is 0 Å². The first-order valence-electron chi connectivity index (χ1n) is 4.62. The maximum Gasteiger partial charge on any atom is 0.206 e. The molecule has 0 amide bonds. The van der Waals surface area contributed by atoms with Crippen molar-refractivity contribution in [2.45, 2.75) is 20.4 Å². The second-order valence-electron chi connectivity index (χ2n) is 3.13. The van der Waals surface area contributed by atoms with Crippen LogP contribution in [0.1, 0.15) is 18.1 Å². The lowest BCUT2D eigenvalue weighted by molar-refractivity contribution is 0.205. The van der Waals surface area contributed by atoms with E-state index in [9.17, 15) is 0 Å². The van der Waals surface area contributed by atoms with E-state index in [4.69, 9.17) is 4.84 Å². The van der Waals surface area contributed by atoms with Crippen LogP contribution in [-0.4, -0.2) is 12.9 Å². The van der Waals surface area contributed by atoms with Gasteiger partial charge in [0.05, 0.1) is 6.54 Å². The highest BCUT2D eigenvalue weighted by molar-refractivity contribution is 5.72. The molecule has 0 aliphatic heterocycles. The third-order valence-electron chi connectivity index (χ3n) is 1.85. The third kappa shape index (κ3) is 3.58. The summed E-state index contributed by atoms with van der Waals surface area (Å²) in [4.78, 5) is 9.23. The molecule has 0 fully saturated rings. The molecule has 1 aromatic carbocycles. The number of benzene rings is 1. The monoisotopic (exact) mass is 192 g/mol. The van der Waals surface area contributed by atoms with Crippen molar-refractivity contribution in [3.8, 4) is 0 Å². The summed E-state index contributed by atoms with van der Waals surface area (Å²) in [7, 11) is 1.71. The molecule has 0 atom stereocenters. The largest absolute Gasteiger partial charge is 0.394 e. The number of aliphatic imine (C=N–C) groups is 1. The van der Waals surface area contributed by atoms with Crippen LogP contribution < -0.4 is 5.48 Å². The Hall–Kier alpha value is -1.35. The van der Waals surface area contributed by atoms with E-state index < -0.39 is 0 Å². The van der Waals surface area contributed by atoms with E-state index in [1.165, 1.54) is 11.1 Å². The van der Waals surface area contributed by atoms with E-state index in [1.807, 2.05) is 6.92 Å². The van der Waals surface area contributed by atoms with Crippen molar-refractivity contribution in [2.75, 3.05) is 7.05 Å². The second kappa shape index (κ2) is 5.40. The second-order valence-corrected chi connectivity index (χ2v) is 3.13. The molecule has 3 heteroatoms. The van der Waals surface area contributed by atoms with Gasteiger partial charge in [0, 0.05) is 14.0 Å². The van der Waals surface area contributed by atoms with E-state index in [1.54, 1.807) is 7.05 Å². The molecular formula is C11H16N2O. The van der Waals surface area contributed by atoms with Gasteiger partial charge in [-0.25, -0.2) is 4.99 Å². The molecule has 0 radical (unpaired) electrons. The molecule has 1 aromatic rings. The Balaban J connectivity index is 2.53. The van der Waals surface area contributed by atoms with Gasteiger partial charge in [-0.2, -0.15) is 5.48 Å². The highest BCUT2D eigenvalue weighted by Crippen LogP contribution is 2.04. The van der Waals surface area contributed by atoms with E-state index in [-0.39, 0.29) is 0 Å². The number of hydrogen-bond acceptors (Lipinski definition) is 3. The van der Waals surface area contributed by atoms with E-state index in [2.05, 4.69) is 41.7 Å². The number of rotatable bonds is 3. The average Bonchev–Trinajstić information content (AvgIpc) is 2.17. The van der Waals surface area contributed by atoms with Crippen LogP contribution in [-0.2, 0) is 11.4 Å². The lowest BCUT2D eigenvalue weighted by Crippen LogP contribution is -2.12. The van der Waals surface area contributed by atoms with Crippen molar-refractivity contribution < 1.29 is 4.84 Å². The molecule has 0 heterocycles. The van der Waals surface area contributed by atoms with Crippen LogP contribution in [0.3, 0.4) is 0 Å². The minimum atomic E-state index is 0.646. The molecular weight excluding hydrogens is 176 g/mol. The van der Waals surface area contributed by atoms with Crippen molar-refractivity contribution in [1.29, 1.82) is 0 Å². The molecule has 0 aromatic heterocycles. The van der Waals surface area contributed by atoms with Crippen LogP contribution in [0, 0.1) is 6.92 Å². The zero-order chi connectivity index (χ0) is 10.4. The first-order valence-corrected chi connectivity index (χ1v) is 4.62. The predicted molar refractivity (Wildman–Crippen MR) is 58.1 cm³/mol. The fourth-order valence-electron chi connectivity index (χ4n) is 1.08.